The van der Waals surface area contributed by atoms with Crippen molar-refractivity contribution < 1.29 is 4.74 Å². The maximum absolute atomic E-state index is 6.01. The second-order valence-electron chi connectivity index (χ2n) is 3.85. The van der Waals surface area contributed by atoms with E-state index in [2.05, 4.69) is 0 Å². The highest BCUT2D eigenvalue weighted by Crippen LogP contribution is 2.15. The fourth-order valence-electron chi connectivity index (χ4n) is 1.50. The molecule has 0 saturated carbocycles. The molecule has 0 saturated heterocycles. The number of ether oxygens (including phenoxy) is 1. The summed E-state index contributed by atoms with van der Waals surface area (Å²) in [6.07, 6.45) is 4.61. The van der Waals surface area contributed by atoms with Crippen LogP contribution in [0.25, 0.3) is 0 Å². The van der Waals surface area contributed by atoms with E-state index in [1.807, 2.05) is 24.3 Å². The van der Waals surface area contributed by atoms with Gasteiger partial charge in [-0.05, 0) is 31.0 Å². The van der Waals surface area contributed by atoms with E-state index >= 15 is 0 Å². The summed E-state index contributed by atoms with van der Waals surface area (Å²) in [4.78, 5) is 0. The van der Waals surface area contributed by atoms with Crippen molar-refractivity contribution in [3.63, 3.8) is 0 Å². The van der Waals surface area contributed by atoms with E-state index in [1.54, 1.807) is 0 Å². The molecule has 0 spiro atoms. The molecular weight excluding hydrogens is 222 g/mol. The molecule has 0 bridgehead atoms. The Morgan fingerprint density at radius 3 is 2.56 bits per heavy atom. The smallest absolute Gasteiger partial charge is 0.0731 e. The standard InChI is InChI=1S/C13H20ClNO/c14-13-8-4-3-7-12(13)11-16-10-6-2-1-5-9-15/h3-4,7-8H,1-2,5-6,9-11,15H2. The van der Waals surface area contributed by atoms with Crippen LogP contribution in [0, 0.1) is 0 Å². The molecule has 0 radical (unpaired) electrons. The van der Waals surface area contributed by atoms with Gasteiger partial charge in [0.2, 0.25) is 0 Å². The van der Waals surface area contributed by atoms with Crippen molar-refractivity contribution in [2.75, 3.05) is 13.2 Å². The minimum Gasteiger partial charge on any atom is -0.377 e. The van der Waals surface area contributed by atoms with Crippen LogP contribution in [-0.2, 0) is 11.3 Å². The lowest BCUT2D eigenvalue weighted by Gasteiger charge is -2.05. The van der Waals surface area contributed by atoms with Crippen molar-refractivity contribution in [1.82, 2.24) is 0 Å². The Hall–Kier alpha value is -0.570. The number of hydrogen-bond acceptors (Lipinski definition) is 2. The number of hydrogen-bond donors (Lipinski definition) is 1. The molecule has 0 atom stereocenters. The van der Waals surface area contributed by atoms with Crippen LogP contribution in [0.3, 0.4) is 0 Å². The van der Waals surface area contributed by atoms with Gasteiger partial charge in [0.25, 0.3) is 0 Å². The van der Waals surface area contributed by atoms with Gasteiger partial charge in [-0.25, -0.2) is 0 Å². The molecule has 90 valence electrons. The van der Waals surface area contributed by atoms with Crippen LogP contribution in [0.5, 0.6) is 0 Å². The molecule has 16 heavy (non-hydrogen) atoms. The van der Waals surface area contributed by atoms with Crippen molar-refractivity contribution in [1.29, 1.82) is 0 Å². The molecule has 3 heteroatoms. The van der Waals surface area contributed by atoms with Gasteiger partial charge in [-0.2, -0.15) is 0 Å². The lowest BCUT2D eigenvalue weighted by atomic mass is 10.2. The largest absolute Gasteiger partial charge is 0.377 e. The Morgan fingerprint density at radius 1 is 1.06 bits per heavy atom. The van der Waals surface area contributed by atoms with Gasteiger partial charge in [-0.1, -0.05) is 42.6 Å². The van der Waals surface area contributed by atoms with Gasteiger partial charge in [0, 0.05) is 11.6 Å². The Bertz CT molecular complexity index is 291. The van der Waals surface area contributed by atoms with E-state index in [0.29, 0.717) is 6.61 Å². The average Bonchev–Trinajstić information content (AvgIpc) is 2.30. The molecule has 0 heterocycles. The fraction of sp³-hybridized carbons (Fsp3) is 0.538. The number of nitrogens with two attached hydrogens (primary N) is 1. The molecule has 0 unspecified atom stereocenters. The van der Waals surface area contributed by atoms with Crippen molar-refractivity contribution >= 4 is 11.6 Å². The van der Waals surface area contributed by atoms with E-state index in [9.17, 15) is 0 Å². The molecule has 1 aromatic rings. The van der Waals surface area contributed by atoms with Gasteiger partial charge in [0.15, 0.2) is 0 Å². The van der Waals surface area contributed by atoms with E-state index in [0.717, 1.165) is 36.6 Å². The summed E-state index contributed by atoms with van der Waals surface area (Å²) in [5, 5.41) is 0.783. The first-order valence-corrected chi connectivity index (χ1v) is 6.23. The van der Waals surface area contributed by atoms with E-state index in [-0.39, 0.29) is 0 Å². The average molecular weight is 242 g/mol. The molecule has 0 aliphatic carbocycles. The molecular formula is C13H20ClNO. The Labute approximate surface area is 103 Å². The minimum atomic E-state index is 0.608. The second-order valence-corrected chi connectivity index (χ2v) is 4.25. The highest BCUT2D eigenvalue weighted by Gasteiger charge is 1.98. The monoisotopic (exact) mass is 241 g/mol. The SMILES string of the molecule is NCCCCCCOCc1ccccc1Cl. The van der Waals surface area contributed by atoms with E-state index < -0.39 is 0 Å². The zero-order valence-electron chi connectivity index (χ0n) is 9.62. The predicted molar refractivity (Wildman–Crippen MR) is 68.6 cm³/mol. The summed E-state index contributed by atoms with van der Waals surface area (Å²) < 4.78 is 5.57. The highest BCUT2D eigenvalue weighted by atomic mass is 35.5. The van der Waals surface area contributed by atoms with Gasteiger partial charge < -0.3 is 10.5 Å². The van der Waals surface area contributed by atoms with Crippen molar-refractivity contribution in [3.05, 3.63) is 34.9 Å². The third-order valence-electron chi connectivity index (χ3n) is 2.46. The summed E-state index contributed by atoms with van der Waals surface area (Å²) in [6, 6.07) is 7.79. The molecule has 1 rings (SSSR count). The summed E-state index contributed by atoms with van der Waals surface area (Å²) in [7, 11) is 0. The zero-order chi connectivity index (χ0) is 11.6. The van der Waals surface area contributed by atoms with E-state index in [4.69, 9.17) is 22.1 Å². The van der Waals surface area contributed by atoms with Crippen molar-refractivity contribution in [3.8, 4) is 0 Å². The predicted octanol–water partition coefficient (Wildman–Crippen LogP) is 3.38. The van der Waals surface area contributed by atoms with Crippen molar-refractivity contribution in [2.45, 2.75) is 32.3 Å². The van der Waals surface area contributed by atoms with Crippen LogP contribution in [0.2, 0.25) is 5.02 Å². The number of rotatable bonds is 8. The number of benzene rings is 1. The first-order valence-electron chi connectivity index (χ1n) is 5.86. The third-order valence-corrected chi connectivity index (χ3v) is 2.83. The summed E-state index contributed by atoms with van der Waals surface area (Å²) in [5.74, 6) is 0. The molecule has 2 nitrogen and oxygen atoms in total. The summed E-state index contributed by atoms with van der Waals surface area (Å²) in [6.45, 7) is 2.20. The maximum atomic E-state index is 6.01. The van der Waals surface area contributed by atoms with Crippen LogP contribution < -0.4 is 5.73 Å². The van der Waals surface area contributed by atoms with Gasteiger partial charge in [-0.3, -0.25) is 0 Å². The molecule has 1 aromatic carbocycles. The fourth-order valence-corrected chi connectivity index (χ4v) is 1.69. The van der Waals surface area contributed by atoms with Crippen molar-refractivity contribution in [2.24, 2.45) is 5.73 Å². The van der Waals surface area contributed by atoms with Gasteiger partial charge >= 0.3 is 0 Å². The van der Waals surface area contributed by atoms with Gasteiger partial charge in [0.1, 0.15) is 0 Å². The normalized spacial score (nSPS) is 10.6. The summed E-state index contributed by atoms with van der Waals surface area (Å²) in [5.41, 5.74) is 6.48. The minimum absolute atomic E-state index is 0.608. The van der Waals surface area contributed by atoms with Crippen LogP contribution in [0.15, 0.2) is 24.3 Å². The third kappa shape index (κ3) is 5.50. The topological polar surface area (TPSA) is 35.2 Å². The van der Waals surface area contributed by atoms with E-state index in [1.165, 1.54) is 12.8 Å². The Balaban J connectivity index is 2.05. The Morgan fingerprint density at radius 2 is 1.81 bits per heavy atom. The first kappa shape index (κ1) is 13.5. The Kier molecular flexibility index (Phi) is 7.23. The molecule has 0 aliphatic rings. The molecule has 0 aromatic heterocycles. The lowest BCUT2D eigenvalue weighted by Crippen LogP contribution is -1.99. The van der Waals surface area contributed by atoms with Crippen LogP contribution in [-0.4, -0.2) is 13.2 Å². The quantitative estimate of drug-likeness (QED) is 0.709. The second kappa shape index (κ2) is 8.57. The van der Waals surface area contributed by atoms with Gasteiger partial charge in [-0.15, -0.1) is 0 Å². The maximum Gasteiger partial charge on any atom is 0.0731 e. The molecule has 2 N–H and O–H groups in total. The number of unbranched alkanes of at least 4 members (excludes halogenated alkanes) is 3. The lowest BCUT2D eigenvalue weighted by molar-refractivity contribution is 0.117. The first-order chi connectivity index (χ1) is 7.84. The molecule has 0 amide bonds. The molecule has 0 fully saturated rings. The van der Waals surface area contributed by atoms with Gasteiger partial charge in [0.05, 0.1) is 6.61 Å². The summed E-state index contributed by atoms with van der Waals surface area (Å²) >= 11 is 6.01. The van der Waals surface area contributed by atoms with Crippen LogP contribution in [0.4, 0.5) is 0 Å². The van der Waals surface area contributed by atoms with Crippen LogP contribution in [0.1, 0.15) is 31.2 Å². The zero-order valence-corrected chi connectivity index (χ0v) is 10.4. The number of halogens is 1. The van der Waals surface area contributed by atoms with Crippen LogP contribution >= 0.6 is 11.6 Å². The highest BCUT2D eigenvalue weighted by molar-refractivity contribution is 6.31. The molecule has 0 aliphatic heterocycles.